The molecule has 1 aliphatic carbocycles. The summed E-state index contributed by atoms with van der Waals surface area (Å²) < 4.78 is 1.82. The van der Waals surface area contributed by atoms with E-state index in [9.17, 15) is 4.79 Å². The molecular formula is C17H23N7O. The Kier molecular flexibility index (Phi) is 4.25. The summed E-state index contributed by atoms with van der Waals surface area (Å²) in [4.78, 5) is 25.2. The second kappa shape index (κ2) is 6.70. The van der Waals surface area contributed by atoms with Crippen molar-refractivity contribution < 1.29 is 4.79 Å². The van der Waals surface area contributed by atoms with Crippen molar-refractivity contribution in [3.63, 3.8) is 0 Å². The average molecular weight is 341 g/mol. The Bertz CT molecular complexity index is 791. The lowest BCUT2D eigenvalue weighted by Crippen LogP contribution is -2.53. The van der Waals surface area contributed by atoms with Crippen LogP contribution in [-0.4, -0.2) is 62.7 Å². The van der Waals surface area contributed by atoms with Crippen LogP contribution in [-0.2, 0) is 0 Å². The van der Waals surface area contributed by atoms with Crippen LogP contribution in [0.4, 0.5) is 10.6 Å². The third-order valence-corrected chi connectivity index (χ3v) is 4.79. The first kappa shape index (κ1) is 15.9. The van der Waals surface area contributed by atoms with Crippen LogP contribution in [0.1, 0.15) is 25.1 Å². The molecule has 1 fully saturated rings. The number of carbonyl (C=O) groups excluding carboxylic acids is 1. The zero-order valence-electron chi connectivity index (χ0n) is 14.4. The van der Waals surface area contributed by atoms with Crippen molar-refractivity contribution in [1.29, 1.82) is 0 Å². The van der Waals surface area contributed by atoms with Crippen LogP contribution in [0.25, 0.3) is 5.65 Å². The van der Waals surface area contributed by atoms with Crippen molar-refractivity contribution in [2.75, 3.05) is 31.1 Å². The Morgan fingerprint density at radius 1 is 1.24 bits per heavy atom. The summed E-state index contributed by atoms with van der Waals surface area (Å²) in [5.74, 6) is 1.65. The van der Waals surface area contributed by atoms with Crippen molar-refractivity contribution in [2.45, 2.75) is 32.2 Å². The Balaban J connectivity index is 1.40. The van der Waals surface area contributed by atoms with Crippen molar-refractivity contribution in [2.24, 2.45) is 0 Å². The van der Waals surface area contributed by atoms with Gasteiger partial charge in [0, 0.05) is 32.2 Å². The first-order valence-corrected chi connectivity index (χ1v) is 8.85. The van der Waals surface area contributed by atoms with Gasteiger partial charge in [0.2, 0.25) is 0 Å². The molecule has 2 aromatic heterocycles. The first-order chi connectivity index (χ1) is 12.2. The molecule has 2 aromatic rings. The fourth-order valence-corrected chi connectivity index (χ4v) is 3.45. The fourth-order valence-electron chi connectivity index (χ4n) is 3.45. The highest BCUT2D eigenvalue weighted by atomic mass is 16.2. The molecule has 0 bridgehead atoms. The van der Waals surface area contributed by atoms with E-state index < -0.39 is 0 Å². The standard InChI is InChI=1S/C17H23N7O/c1-13-19-15-11-18-12-16(24(15)21-13)22-7-9-23(10-8-22)17(25)20-14-5-3-2-4-6-14/h3,5,11-12,14H,2,4,6-10H2,1H3,(H,20,25)/t14-/m0/s1. The lowest BCUT2D eigenvalue weighted by Gasteiger charge is -2.36. The maximum atomic E-state index is 12.4. The number of hydrogen-bond acceptors (Lipinski definition) is 5. The maximum absolute atomic E-state index is 12.4. The van der Waals surface area contributed by atoms with Gasteiger partial charge in [-0.3, -0.25) is 4.98 Å². The van der Waals surface area contributed by atoms with Crippen LogP contribution in [0.3, 0.4) is 0 Å². The van der Waals surface area contributed by atoms with Gasteiger partial charge in [-0.1, -0.05) is 12.2 Å². The summed E-state index contributed by atoms with van der Waals surface area (Å²) in [6.07, 6.45) is 11.1. The third-order valence-electron chi connectivity index (χ3n) is 4.79. The molecule has 8 heteroatoms. The Labute approximate surface area is 146 Å². The number of allylic oxidation sites excluding steroid dienone is 1. The minimum atomic E-state index is 0.0316. The van der Waals surface area contributed by atoms with Crippen LogP contribution in [0.15, 0.2) is 24.5 Å². The van der Waals surface area contributed by atoms with Crippen LogP contribution in [0, 0.1) is 6.92 Å². The SMILES string of the molecule is Cc1nc2cncc(N3CCN(C(=O)N[C@H]4C=CCCC4)CC3)n2n1. The van der Waals surface area contributed by atoms with E-state index in [0.29, 0.717) is 13.1 Å². The van der Waals surface area contributed by atoms with E-state index in [-0.39, 0.29) is 12.1 Å². The number of nitrogens with zero attached hydrogens (tertiary/aromatic N) is 6. The second-order valence-corrected chi connectivity index (χ2v) is 6.58. The largest absolute Gasteiger partial charge is 0.352 e. The third kappa shape index (κ3) is 3.29. The molecule has 0 radical (unpaired) electrons. The fraction of sp³-hybridized carbons (Fsp3) is 0.529. The molecule has 132 valence electrons. The molecule has 1 atom stereocenters. The molecule has 0 spiro atoms. The van der Waals surface area contributed by atoms with Crippen LogP contribution in [0.5, 0.6) is 0 Å². The highest BCUT2D eigenvalue weighted by Crippen LogP contribution is 2.17. The van der Waals surface area contributed by atoms with Gasteiger partial charge in [0.05, 0.1) is 12.4 Å². The summed E-state index contributed by atoms with van der Waals surface area (Å²) in [5, 5.41) is 7.56. The van der Waals surface area contributed by atoms with Crippen molar-refractivity contribution >= 4 is 17.5 Å². The molecule has 25 heavy (non-hydrogen) atoms. The number of urea groups is 1. The van der Waals surface area contributed by atoms with Crippen molar-refractivity contribution in [3.05, 3.63) is 30.4 Å². The van der Waals surface area contributed by atoms with E-state index in [1.807, 2.05) is 22.5 Å². The molecule has 1 aliphatic heterocycles. The predicted molar refractivity (Wildman–Crippen MR) is 94.6 cm³/mol. The highest BCUT2D eigenvalue weighted by molar-refractivity contribution is 5.75. The number of anilines is 1. The number of fused-ring (bicyclic) bond motifs is 1. The predicted octanol–water partition coefficient (Wildman–Crippen LogP) is 1.37. The zero-order chi connectivity index (χ0) is 17.2. The molecule has 0 saturated carbocycles. The number of amides is 2. The number of aryl methyl sites for hydroxylation is 1. The van der Waals surface area contributed by atoms with E-state index in [1.54, 1.807) is 6.20 Å². The lowest BCUT2D eigenvalue weighted by molar-refractivity contribution is 0.191. The number of hydrogen-bond donors (Lipinski definition) is 1. The van der Waals surface area contributed by atoms with Crippen molar-refractivity contribution in [3.8, 4) is 0 Å². The van der Waals surface area contributed by atoms with E-state index in [0.717, 1.165) is 49.6 Å². The van der Waals surface area contributed by atoms with Crippen molar-refractivity contribution in [1.82, 2.24) is 29.8 Å². The molecule has 0 aromatic carbocycles. The van der Waals surface area contributed by atoms with Crippen LogP contribution < -0.4 is 10.2 Å². The van der Waals surface area contributed by atoms with Gasteiger partial charge in [0.25, 0.3) is 0 Å². The molecule has 0 unspecified atom stereocenters. The average Bonchev–Trinajstić information content (AvgIpc) is 3.03. The van der Waals surface area contributed by atoms with Gasteiger partial charge in [0.1, 0.15) is 5.82 Å². The topological polar surface area (TPSA) is 78.7 Å². The van der Waals surface area contributed by atoms with Gasteiger partial charge in [-0.15, -0.1) is 5.10 Å². The molecule has 8 nitrogen and oxygen atoms in total. The number of piperazine rings is 1. The number of carbonyl (C=O) groups is 1. The van der Waals surface area contributed by atoms with Crippen LogP contribution >= 0.6 is 0 Å². The normalized spacial score (nSPS) is 20.9. The van der Waals surface area contributed by atoms with Gasteiger partial charge >= 0.3 is 6.03 Å². The summed E-state index contributed by atoms with van der Waals surface area (Å²) in [7, 11) is 0. The molecular weight excluding hydrogens is 318 g/mol. The minimum absolute atomic E-state index is 0.0316. The lowest BCUT2D eigenvalue weighted by atomic mass is 10.0. The smallest absolute Gasteiger partial charge is 0.317 e. The van der Waals surface area contributed by atoms with Gasteiger partial charge in [-0.25, -0.2) is 9.78 Å². The monoisotopic (exact) mass is 341 g/mol. The Hall–Kier alpha value is -2.64. The molecule has 2 aliphatic rings. The molecule has 4 rings (SSSR count). The molecule has 1 saturated heterocycles. The van der Waals surface area contributed by atoms with Gasteiger partial charge in [-0.05, 0) is 26.2 Å². The Morgan fingerprint density at radius 3 is 2.84 bits per heavy atom. The van der Waals surface area contributed by atoms with Gasteiger partial charge in [-0.2, -0.15) is 4.52 Å². The molecule has 1 N–H and O–H groups in total. The van der Waals surface area contributed by atoms with E-state index in [1.165, 1.54) is 0 Å². The summed E-state index contributed by atoms with van der Waals surface area (Å²) in [6.45, 7) is 4.76. The zero-order valence-corrected chi connectivity index (χ0v) is 14.4. The van der Waals surface area contributed by atoms with E-state index >= 15 is 0 Å². The number of nitrogens with one attached hydrogen (secondary N) is 1. The second-order valence-electron chi connectivity index (χ2n) is 6.58. The van der Waals surface area contributed by atoms with E-state index in [2.05, 4.69) is 37.4 Å². The minimum Gasteiger partial charge on any atom is -0.352 e. The molecule has 3 heterocycles. The number of aromatic nitrogens is 4. The highest BCUT2D eigenvalue weighted by Gasteiger charge is 2.24. The number of rotatable bonds is 2. The maximum Gasteiger partial charge on any atom is 0.317 e. The van der Waals surface area contributed by atoms with Gasteiger partial charge in [0.15, 0.2) is 11.5 Å². The van der Waals surface area contributed by atoms with Crippen LogP contribution in [0.2, 0.25) is 0 Å². The summed E-state index contributed by atoms with van der Waals surface area (Å²) in [6, 6.07) is 0.208. The summed E-state index contributed by atoms with van der Waals surface area (Å²) >= 11 is 0. The van der Waals surface area contributed by atoms with Gasteiger partial charge < -0.3 is 15.1 Å². The first-order valence-electron chi connectivity index (χ1n) is 8.85. The molecule has 2 amide bonds. The van der Waals surface area contributed by atoms with E-state index in [4.69, 9.17) is 0 Å². The Morgan fingerprint density at radius 2 is 2.08 bits per heavy atom. The summed E-state index contributed by atoms with van der Waals surface area (Å²) in [5.41, 5.74) is 0.749. The quantitative estimate of drug-likeness (QED) is 0.835.